The van der Waals surface area contributed by atoms with Gasteiger partial charge < -0.3 is 10.2 Å². The number of benzene rings is 1. The zero-order chi connectivity index (χ0) is 19.5. The van der Waals surface area contributed by atoms with Crippen LogP contribution < -0.4 is 10.2 Å². The van der Waals surface area contributed by atoms with Gasteiger partial charge in [0.15, 0.2) is 0 Å². The van der Waals surface area contributed by atoms with Crippen LogP contribution in [-0.2, 0) is 0 Å². The van der Waals surface area contributed by atoms with Crippen LogP contribution in [0.3, 0.4) is 0 Å². The van der Waals surface area contributed by atoms with Gasteiger partial charge in [-0.15, -0.1) is 0 Å². The van der Waals surface area contributed by atoms with Gasteiger partial charge in [-0.25, -0.2) is 15.0 Å². The van der Waals surface area contributed by atoms with E-state index in [1.807, 2.05) is 37.4 Å². The predicted octanol–water partition coefficient (Wildman–Crippen LogP) is 4.69. The molecule has 4 aromatic rings. The number of pyridine rings is 1. The van der Waals surface area contributed by atoms with E-state index < -0.39 is 0 Å². The van der Waals surface area contributed by atoms with Gasteiger partial charge in [-0.3, -0.25) is 4.40 Å². The van der Waals surface area contributed by atoms with Crippen molar-refractivity contribution in [3.63, 3.8) is 0 Å². The molecule has 0 atom stereocenters. The van der Waals surface area contributed by atoms with Crippen LogP contribution in [-0.4, -0.2) is 32.4 Å². The number of aromatic nitrogens is 4. The highest BCUT2D eigenvalue weighted by Gasteiger charge is 2.12. The van der Waals surface area contributed by atoms with E-state index in [4.69, 9.17) is 4.98 Å². The molecule has 4 rings (SSSR count). The van der Waals surface area contributed by atoms with Crippen molar-refractivity contribution in [3.05, 3.63) is 66.6 Å². The van der Waals surface area contributed by atoms with Crippen LogP contribution in [0, 0.1) is 6.92 Å². The molecule has 0 unspecified atom stereocenters. The van der Waals surface area contributed by atoms with Gasteiger partial charge >= 0.3 is 0 Å². The van der Waals surface area contributed by atoms with E-state index in [0.29, 0.717) is 5.95 Å². The van der Waals surface area contributed by atoms with Crippen molar-refractivity contribution >= 4 is 23.0 Å². The van der Waals surface area contributed by atoms with Crippen LogP contribution in [0.4, 0.5) is 17.3 Å². The van der Waals surface area contributed by atoms with E-state index in [2.05, 4.69) is 62.7 Å². The Kier molecular flexibility index (Phi) is 4.93. The van der Waals surface area contributed by atoms with E-state index >= 15 is 0 Å². The third-order valence-corrected chi connectivity index (χ3v) is 4.85. The topological polar surface area (TPSA) is 58.3 Å². The maximum absolute atomic E-state index is 4.72. The smallest absolute Gasteiger partial charge is 0.227 e. The fourth-order valence-electron chi connectivity index (χ4n) is 3.45. The minimum Gasteiger partial charge on any atom is -0.372 e. The number of aryl methyl sites for hydroxylation is 1. The highest BCUT2D eigenvalue weighted by atomic mass is 15.1. The minimum absolute atomic E-state index is 0.568. The lowest BCUT2D eigenvalue weighted by Gasteiger charge is -2.21. The molecule has 0 aliphatic carbocycles. The molecule has 0 saturated heterocycles. The third kappa shape index (κ3) is 3.41. The molecule has 0 bridgehead atoms. The average molecular weight is 372 g/mol. The number of hydrogen-bond donors (Lipinski definition) is 1. The highest BCUT2D eigenvalue weighted by molar-refractivity contribution is 5.66. The van der Waals surface area contributed by atoms with Gasteiger partial charge in [0.1, 0.15) is 5.65 Å². The molecule has 3 heterocycles. The molecule has 1 N–H and O–H groups in total. The summed E-state index contributed by atoms with van der Waals surface area (Å²) in [5.74, 6) is 0.568. The van der Waals surface area contributed by atoms with E-state index in [-0.39, 0.29) is 0 Å². The molecule has 0 amide bonds. The van der Waals surface area contributed by atoms with Crippen molar-refractivity contribution in [2.45, 2.75) is 20.8 Å². The number of anilines is 3. The van der Waals surface area contributed by atoms with Crippen molar-refractivity contribution in [2.75, 3.05) is 23.3 Å². The van der Waals surface area contributed by atoms with Crippen LogP contribution >= 0.6 is 0 Å². The van der Waals surface area contributed by atoms with Crippen LogP contribution in [0.1, 0.15) is 19.5 Å². The molecule has 1 aromatic carbocycles. The van der Waals surface area contributed by atoms with Gasteiger partial charge in [-0.1, -0.05) is 6.07 Å². The number of fused-ring (bicyclic) bond motifs is 1. The Hall–Kier alpha value is -3.41. The maximum atomic E-state index is 4.72. The fraction of sp³-hybridized carbons (Fsp3) is 0.227. The van der Waals surface area contributed by atoms with Gasteiger partial charge in [0, 0.05) is 36.9 Å². The molecule has 142 valence electrons. The van der Waals surface area contributed by atoms with Crippen LogP contribution in [0.5, 0.6) is 0 Å². The van der Waals surface area contributed by atoms with Crippen LogP contribution in [0.25, 0.3) is 17.0 Å². The average Bonchev–Trinajstić information content (AvgIpc) is 3.06. The number of nitrogens with one attached hydrogen (secondary N) is 1. The highest BCUT2D eigenvalue weighted by Crippen LogP contribution is 2.25. The molecule has 28 heavy (non-hydrogen) atoms. The minimum atomic E-state index is 0.568. The van der Waals surface area contributed by atoms with E-state index in [1.54, 1.807) is 6.20 Å². The number of nitrogens with zero attached hydrogens (tertiary/aromatic N) is 5. The number of imidazole rings is 1. The Morgan fingerprint density at radius 2 is 1.75 bits per heavy atom. The summed E-state index contributed by atoms with van der Waals surface area (Å²) in [6.45, 7) is 8.32. The van der Waals surface area contributed by atoms with Crippen molar-refractivity contribution < 1.29 is 0 Å². The van der Waals surface area contributed by atoms with Crippen LogP contribution in [0.15, 0.2) is 60.9 Å². The first-order chi connectivity index (χ1) is 13.7. The lowest BCUT2D eigenvalue weighted by molar-refractivity contribution is 0.866. The number of rotatable bonds is 6. The second-order valence-electron chi connectivity index (χ2n) is 6.58. The van der Waals surface area contributed by atoms with Crippen molar-refractivity contribution in [2.24, 2.45) is 0 Å². The maximum Gasteiger partial charge on any atom is 0.227 e. The van der Waals surface area contributed by atoms with Gasteiger partial charge in [-0.2, -0.15) is 0 Å². The van der Waals surface area contributed by atoms with Crippen LogP contribution in [0.2, 0.25) is 0 Å². The van der Waals surface area contributed by atoms with Gasteiger partial charge in [0.25, 0.3) is 0 Å². The zero-order valence-electron chi connectivity index (χ0n) is 16.4. The summed E-state index contributed by atoms with van der Waals surface area (Å²) >= 11 is 0. The largest absolute Gasteiger partial charge is 0.372 e. The molecule has 0 saturated carbocycles. The molecule has 6 nitrogen and oxygen atoms in total. The lowest BCUT2D eigenvalue weighted by atomic mass is 10.2. The van der Waals surface area contributed by atoms with E-state index in [0.717, 1.165) is 41.5 Å². The SMILES string of the molecule is CCN(CC)c1ccc(Nc2nccc(-c3c(C)nc4ccccn34)n2)cc1. The molecule has 0 aliphatic rings. The Labute approximate surface area is 164 Å². The Morgan fingerprint density at radius 1 is 0.964 bits per heavy atom. The molecular formula is C22H24N6. The lowest BCUT2D eigenvalue weighted by Crippen LogP contribution is -2.21. The number of hydrogen-bond acceptors (Lipinski definition) is 5. The third-order valence-electron chi connectivity index (χ3n) is 4.85. The molecule has 6 heteroatoms. The van der Waals surface area contributed by atoms with Crippen molar-refractivity contribution in [1.82, 2.24) is 19.4 Å². The van der Waals surface area contributed by atoms with E-state index in [9.17, 15) is 0 Å². The second kappa shape index (κ2) is 7.68. The molecule has 0 radical (unpaired) electrons. The quantitative estimate of drug-likeness (QED) is 0.532. The Balaban J connectivity index is 1.62. The molecule has 0 fully saturated rings. The summed E-state index contributed by atoms with van der Waals surface area (Å²) in [5.41, 5.74) is 5.86. The first kappa shape index (κ1) is 18.0. The standard InChI is InChI=1S/C22H24N6/c1-4-27(5-2)18-11-9-17(10-12-18)25-22-23-14-13-19(26-22)21-16(3)24-20-8-6-7-15-28(20)21/h6-15H,4-5H2,1-3H3,(H,23,25,26). The molecule has 3 aromatic heterocycles. The van der Waals surface area contributed by atoms with Gasteiger partial charge in [-0.05, 0) is 63.2 Å². The Bertz CT molecular complexity index is 1080. The van der Waals surface area contributed by atoms with E-state index in [1.165, 1.54) is 5.69 Å². The Morgan fingerprint density at radius 3 is 2.50 bits per heavy atom. The van der Waals surface area contributed by atoms with Crippen molar-refractivity contribution in [3.8, 4) is 11.4 Å². The predicted molar refractivity (Wildman–Crippen MR) is 114 cm³/mol. The first-order valence-electron chi connectivity index (χ1n) is 9.58. The first-order valence-corrected chi connectivity index (χ1v) is 9.58. The summed E-state index contributed by atoms with van der Waals surface area (Å²) < 4.78 is 2.06. The monoisotopic (exact) mass is 372 g/mol. The summed E-state index contributed by atoms with van der Waals surface area (Å²) in [5, 5.41) is 3.31. The molecule has 0 spiro atoms. The normalized spacial score (nSPS) is 11.0. The fourth-order valence-corrected chi connectivity index (χ4v) is 3.45. The van der Waals surface area contributed by atoms with Gasteiger partial charge in [0.2, 0.25) is 5.95 Å². The molecule has 0 aliphatic heterocycles. The zero-order valence-corrected chi connectivity index (χ0v) is 16.4. The summed E-state index contributed by atoms with van der Waals surface area (Å²) in [4.78, 5) is 16.0. The molecular weight excluding hydrogens is 348 g/mol. The van der Waals surface area contributed by atoms with Crippen molar-refractivity contribution in [1.29, 1.82) is 0 Å². The summed E-state index contributed by atoms with van der Waals surface area (Å²) in [6, 6.07) is 16.2. The van der Waals surface area contributed by atoms with Gasteiger partial charge in [0.05, 0.1) is 17.1 Å². The summed E-state index contributed by atoms with van der Waals surface area (Å²) in [7, 11) is 0. The second-order valence-corrected chi connectivity index (χ2v) is 6.58. The summed E-state index contributed by atoms with van der Waals surface area (Å²) in [6.07, 6.45) is 3.78.